The Bertz CT molecular complexity index is 342. The number of rotatable bonds is 4. The van der Waals surface area contributed by atoms with Gasteiger partial charge in [0.05, 0.1) is 5.92 Å². The van der Waals surface area contributed by atoms with Crippen LogP contribution in [0.2, 0.25) is 0 Å². The van der Waals surface area contributed by atoms with Crippen molar-refractivity contribution in [1.82, 2.24) is 15.5 Å². The van der Waals surface area contributed by atoms with Crippen molar-refractivity contribution < 1.29 is 4.79 Å². The Hall–Kier alpha value is 0.320. The predicted molar refractivity (Wildman–Crippen MR) is 98.6 cm³/mol. The van der Waals surface area contributed by atoms with E-state index >= 15 is 0 Å². The number of hydrogen-bond acceptors (Lipinski definition) is 4. The van der Waals surface area contributed by atoms with E-state index in [-0.39, 0.29) is 42.2 Å². The Balaban J connectivity index is 0.00000121. The molecule has 22 heavy (non-hydrogen) atoms. The number of carbonyl (C=O) groups is 1. The van der Waals surface area contributed by atoms with Crippen LogP contribution in [0.1, 0.15) is 32.1 Å². The van der Waals surface area contributed by atoms with Gasteiger partial charge in [-0.15, -0.1) is 24.8 Å². The van der Waals surface area contributed by atoms with Gasteiger partial charge >= 0.3 is 0 Å². The molecule has 0 aromatic rings. The van der Waals surface area contributed by atoms with Crippen LogP contribution >= 0.6 is 36.6 Å². The number of carbonyl (C=O) groups excluding carboxylic acids is 1. The Labute approximate surface area is 150 Å². The van der Waals surface area contributed by atoms with Crippen LogP contribution in [0.5, 0.6) is 0 Å². The maximum absolute atomic E-state index is 12.3. The average molecular weight is 370 g/mol. The highest BCUT2D eigenvalue weighted by Gasteiger charge is 2.40. The van der Waals surface area contributed by atoms with Gasteiger partial charge in [0, 0.05) is 43.2 Å². The minimum atomic E-state index is 0. The van der Waals surface area contributed by atoms with Crippen LogP contribution in [0.4, 0.5) is 0 Å². The second-order valence-electron chi connectivity index (χ2n) is 6.44. The quantitative estimate of drug-likeness (QED) is 0.794. The summed E-state index contributed by atoms with van der Waals surface area (Å²) in [5.41, 5.74) is 0.267. The lowest BCUT2D eigenvalue weighted by Crippen LogP contribution is -2.57. The molecule has 3 rings (SSSR count). The van der Waals surface area contributed by atoms with Gasteiger partial charge < -0.3 is 10.6 Å². The van der Waals surface area contributed by atoms with E-state index in [2.05, 4.69) is 27.3 Å². The van der Waals surface area contributed by atoms with E-state index in [1.165, 1.54) is 50.3 Å². The number of amides is 1. The largest absolute Gasteiger partial charge is 0.354 e. The molecule has 0 spiro atoms. The van der Waals surface area contributed by atoms with E-state index in [1.54, 1.807) is 0 Å². The lowest BCUT2D eigenvalue weighted by molar-refractivity contribution is -0.125. The maximum Gasteiger partial charge on any atom is 0.224 e. The molecule has 1 unspecified atom stereocenters. The zero-order valence-electron chi connectivity index (χ0n) is 13.1. The molecule has 1 aliphatic carbocycles. The number of thioether (sulfide) groups is 1. The lowest BCUT2D eigenvalue weighted by atomic mass is 9.94. The number of nitrogens with one attached hydrogen (secondary N) is 2. The molecule has 1 saturated carbocycles. The molecule has 2 heterocycles. The highest BCUT2D eigenvalue weighted by molar-refractivity contribution is 7.99. The summed E-state index contributed by atoms with van der Waals surface area (Å²) in [6, 6.07) is 0. The minimum Gasteiger partial charge on any atom is -0.354 e. The van der Waals surface area contributed by atoms with Gasteiger partial charge in [0.2, 0.25) is 5.91 Å². The minimum absolute atomic E-state index is 0. The monoisotopic (exact) mass is 369 g/mol. The molecule has 3 aliphatic rings. The predicted octanol–water partition coefficient (Wildman–Crippen LogP) is 1.92. The van der Waals surface area contributed by atoms with Crippen LogP contribution in [0, 0.1) is 5.92 Å². The van der Waals surface area contributed by atoms with Crippen molar-refractivity contribution in [3.05, 3.63) is 0 Å². The third kappa shape index (κ3) is 4.67. The average Bonchev–Trinajstić information content (AvgIpc) is 3.18. The highest BCUT2D eigenvalue weighted by atomic mass is 35.5. The fourth-order valence-corrected chi connectivity index (χ4v) is 4.85. The smallest absolute Gasteiger partial charge is 0.224 e. The van der Waals surface area contributed by atoms with E-state index < -0.39 is 0 Å². The van der Waals surface area contributed by atoms with Gasteiger partial charge in [-0.05, 0) is 25.8 Å². The molecule has 2 saturated heterocycles. The Kier molecular flexibility index (Phi) is 8.86. The third-order valence-corrected chi connectivity index (χ3v) is 6.18. The van der Waals surface area contributed by atoms with Crippen molar-refractivity contribution in [1.29, 1.82) is 0 Å². The zero-order chi connectivity index (χ0) is 13.8. The molecule has 7 heteroatoms. The molecular formula is C15H29Cl2N3OS. The maximum atomic E-state index is 12.3. The Morgan fingerprint density at radius 1 is 1.23 bits per heavy atom. The first-order chi connectivity index (χ1) is 9.80. The van der Waals surface area contributed by atoms with E-state index in [4.69, 9.17) is 0 Å². The lowest BCUT2D eigenvalue weighted by Gasteiger charge is -2.43. The molecule has 4 nitrogen and oxygen atoms in total. The van der Waals surface area contributed by atoms with Crippen LogP contribution in [0.25, 0.3) is 0 Å². The van der Waals surface area contributed by atoms with E-state index in [1.807, 2.05) is 0 Å². The Morgan fingerprint density at radius 3 is 2.50 bits per heavy atom. The molecule has 1 atom stereocenters. The topological polar surface area (TPSA) is 44.4 Å². The van der Waals surface area contributed by atoms with Crippen LogP contribution in [-0.4, -0.2) is 60.6 Å². The van der Waals surface area contributed by atoms with E-state index in [9.17, 15) is 4.79 Å². The molecule has 2 N–H and O–H groups in total. The van der Waals surface area contributed by atoms with Crippen molar-refractivity contribution in [2.24, 2.45) is 5.92 Å². The molecule has 0 radical (unpaired) electrons. The number of nitrogens with zero attached hydrogens (tertiary/aromatic N) is 1. The molecule has 2 aliphatic heterocycles. The zero-order valence-corrected chi connectivity index (χ0v) is 15.6. The first kappa shape index (κ1) is 20.4. The third-order valence-electron chi connectivity index (χ3n) is 5.24. The summed E-state index contributed by atoms with van der Waals surface area (Å²) in [6.45, 7) is 5.12. The fourth-order valence-electron chi connectivity index (χ4n) is 3.95. The molecule has 0 aromatic carbocycles. The molecule has 0 bridgehead atoms. The van der Waals surface area contributed by atoms with Gasteiger partial charge in [-0.1, -0.05) is 12.8 Å². The molecule has 3 fully saturated rings. The van der Waals surface area contributed by atoms with Gasteiger partial charge in [-0.3, -0.25) is 9.69 Å². The molecular weight excluding hydrogens is 341 g/mol. The Morgan fingerprint density at radius 2 is 1.91 bits per heavy atom. The summed E-state index contributed by atoms with van der Waals surface area (Å²) in [5, 5.41) is 6.56. The molecule has 1 amide bonds. The number of hydrogen-bond donors (Lipinski definition) is 2. The van der Waals surface area contributed by atoms with E-state index in [0.29, 0.717) is 0 Å². The van der Waals surface area contributed by atoms with Crippen LogP contribution in [0.15, 0.2) is 0 Å². The van der Waals surface area contributed by atoms with Gasteiger partial charge in [0.25, 0.3) is 0 Å². The summed E-state index contributed by atoms with van der Waals surface area (Å²) in [7, 11) is 0. The van der Waals surface area contributed by atoms with Crippen LogP contribution < -0.4 is 10.6 Å². The van der Waals surface area contributed by atoms with Gasteiger partial charge in [-0.2, -0.15) is 11.8 Å². The van der Waals surface area contributed by atoms with Crippen molar-refractivity contribution in [3.8, 4) is 0 Å². The van der Waals surface area contributed by atoms with Gasteiger partial charge in [0.1, 0.15) is 0 Å². The van der Waals surface area contributed by atoms with Crippen LogP contribution in [0.3, 0.4) is 0 Å². The van der Waals surface area contributed by atoms with Crippen molar-refractivity contribution in [3.63, 3.8) is 0 Å². The highest BCUT2D eigenvalue weighted by Crippen LogP contribution is 2.36. The van der Waals surface area contributed by atoms with Crippen molar-refractivity contribution in [2.75, 3.05) is 44.2 Å². The second-order valence-corrected chi connectivity index (χ2v) is 7.66. The first-order valence-electron chi connectivity index (χ1n) is 8.11. The standard InChI is InChI=1S/C15H27N3OS.2ClH/c19-14(13-3-6-16-11-13)17-12-15(4-1-2-5-15)18-7-9-20-10-8-18;;/h13,16H,1-12H2,(H,17,19);2*1H. The summed E-state index contributed by atoms with van der Waals surface area (Å²) < 4.78 is 0. The van der Waals surface area contributed by atoms with E-state index in [0.717, 1.165) is 26.1 Å². The summed E-state index contributed by atoms with van der Waals surface area (Å²) in [6.07, 6.45) is 6.18. The van der Waals surface area contributed by atoms with Gasteiger partial charge in [-0.25, -0.2) is 0 Å². The second kappa shape index (κ2) is 9.58. The van der Waals surface area contributed by atoms with Crippen molar-refractivity contribution in [2.45, 2.75) is 37.6 Å². The summed E-state index contributed by atoms with van der Waals surface area (Å²) in [4.78, 5) is 14.9. The summed E-state index contributed by atoms with van der Waals surface area (Å²) >= 11 is 2.06. The normalized spacial score (nSPS) is 27.7. The van der Waals surface area contributed by atoms with Crippen LogP contribution in [-0.2, 0) is 4.79 Å². The first-order valence-corrected chi connectivity index (χ1v) is 9.27. The molecule has 0 aromatic heterocycles. The van der Waals surface area contributed by atoms with Crippen molar-refractivity contribution >= 4 is 42.5 Å². The fraction of sp³-hybridized carbons (Fsp3) is 0.933. The molecule has 130 valence electrons. The number of halogens is 2. The summed E-state index contributed by atoms with van der Waals surface area (Å²) in [5.74, 6) is 2.97. The SMILES string of the molecule is Cl.Cl.O=C(NCC1(N2CCSCC2)CCCC1)C1CCNC1. The van der Waals surface area contributed by atoms with Gasteiger partial charge in [0.15, 0.2) is 0 Å².